The average molecular weight is 501 g/mol. The third-order valence-corrected chi connectivity index (χ3v) is 5.76. The van der Waals surface area contributed by atoms with Gasteiger partial charge in [-0.1, -0.05) is 26.7 Å². The van der Waals surface area contributed by atoms with E-state index in [0.717, 1.165) is 30.4 Å². The van der Waals surface area contributed by atoms with Crippen molar-refractivity contribution in [3.8, 4) is 0 Å². The summed E-state index contributed by atoms with van der Waals surface area (Å²) in [6, 6.07) is 15.5. The Morgan fingerprint density at radius 3 is 2.18 bits per heavy atom. The molecule has 0 saturated carbocycles. The fourth-order valence-electron chi connectivity index (χ4n) is 2.24. The monoisotopic (exact) mass is 501 g/mol. The molecule has 1 N–H and O–H groups in total. The van der Waals surface area contributed by atoms with Gasteiger partial charge in [0.1, 0.15) is 0 Å². The zero-order valence-corrected chi connectivity index (χ0v) is 20.6. The van der Waals surface area contributed by atoms with E-state index in [4.69, 9.17) is 4.55 Å². The fourth-order valence-corrected chi connectivity index (χ4v) is 3.83. The molecule has 2 aromatic carbocycles. The predicted molar refractivity (Wildman–Crippen MR) is 103 cm³/mol. The van der Waals surface area contributed by atoms with Gasteiger partial charge in [-0.25, -0.2) is 16.8 Å². The van der Waals surface area contributed by atoms with Crippen molar-refractivity contribution < 1.29 is 58.3 Å². The first-order chi connectivity index (χ1) is 12.6. The van der Waals surface area contributed by atoms with E-state index in [-0.39, 0.29) is 43.4 Å². The topological polar surface area (TPSA) is 97.7 Å². The average Bonchev–Trinajstić information content (AvgIpc) is 2.61. The van der Waals surface area contributed by atoms with Gasteiger partial charge in [0.25, 0.3) is 10.1 Å². The van der Waals surface area contributed by atoms with Gasteiger partial charge in [0, 0.05) is 32.7 Å². The minimum atomic E-state index is -3.92. The molecule has 6 nitrogen and oxygen atoms in total. The summed E-state index contributed by atoms with van der Waals surface area (Å²) in [4.78, 5) is 0.237. The molecule has 0 aromatic heterocycles. The normalized spacial score (nSPS) is 11.1. The minimum absolute atomic E-state index is 0. The SMILES string of the molecule is CCCCc1cc[c-]cc1S(=O)(=O)OC.Cc1cc[c-]cc1CS(=O)(=O)O.[Y]. The first-order valence-corrected chi connectivity index (χ1v) is 11.3. The summed E-state index contributed by atoms with van der Waals surface area (Å²) >= 11 is 0. The Kier molecular flexibility index (Phi) is 12.5. The summed E-state index contributed by atoms with van der Waals surface area (Å²) in [5, 5.41) is 0. The van der Waals surface area contributed by atoms with Crippen LogP contribution in [0.2, 0.25) is 0 Å². The fraction of sp³-hybridized carbons (Fsp3) is 0.368. The van der Waals surface area contributed by atoms with Crippen molar-refractivity contribution in [2.24, 2.45) is 0 Å². The molecule has 9 heteroatoms. The molecular weight excluding hydrogens is 477 g/mol. The van der Waals surface area contributed by atoms with Crippen molar-refractivity contribution in [3.05, 3.63) is 65.2 Å². The molecule has 1 radical (unpaired) electrons. The van der Waals surface area contributed by atoms with Crippen LogP contribution in [-0.2, 0) is 69.3 Å². The van der Waals surface area contributed by atoms with E-state index in [9.17, 15) is 16.8 Å². The van der Waals surface area contributed by atoms with E-state index >= 15 is 0 Å². The van der Waals surface area contributed by atoms with Crippen LogP contribution < -0.4 is 0 Å². The van der Waals surface area contributed by atoms with Crippen LogP contribution in [0.1, 0.15) is 36.5 Å². The van der Waals surface area contributed by atoms with Crippen molar-refractivity contribution in [2.75, 3.05) is 7.11 Å². The van der Waals surface area contributed by atoms with Crippen molar-refractivity contribution in [3.63, 3.8) is 0 Å². The molecule has 153 valence electrons. The van der Waals surface area contributed by atoms with E-state index in [0.29, 0.717) is 5.56 Å². The van der Waals surface area contributed by atoms with Gasteiger partial charge in [-0.3, -0.25) is 8.74 Å². The van der Waals surface area contributed by atoms with Gasteiger partial charge in [-0.2, -0.15) is 54.1 Å². The molecule has 0 unspecified atom stereocenters. The maximum Gasteiger partial charge on any atom is 0.258 e. The Morgan fingerprint density at radius 1 is 1.04 bits per heavy atom. The Morgan fingerprint density at radius 2 is 1.64 bits per heavy atom. The summed E-state index contributed by atoms with van der Waals surface area (Å²) in [5.74, 6) is -0.337. The van der Waals surface area contributed by atoms with E-state index in [2.05, 4.69) is 23.2 Å². The van der Waals surface area contributed by atoms with E-state index in [1.54, 1.807) is 37.3 Å². The van der Waals surface area contributed by atoms with Crippen molar-refractivity contribution in [2.45, 2.75) is 43.8 Å². The maximum absolute atomic E-state index is 11.5. The molecule has 0 fully saturated rings. The summed E-state index contributed by atoms with van der Waals surface area (Å²) in [5.41, 5.74) is 2.23. The molecular formula is C19H24O6S2Y-2. The third kappa shape index (κ3) is 9.72. The number of aryl methyl sites for hydroxylation is 2. The van der Waals surface area contributed by atoms with E-state index in [1.165, 1.54) is 13.2 Å². The molecule has 0 saturated heterocycles. The Bertz CT molecular complexity index is 940. The molecule has 0 aliphatic heterocycles. The first kappa shape index (κ1) is 27.4. The Hall–Kier alpha value is -0.636. The molecule has 2 aromatic rings. The minimum Gasteiger partial charge on any atom is -0.286 e. The van der Waals surface area contributed by atoms with Crippen LogP contribution in [0.15, 0.2) is 41.3 Å². The number of rotatable bonds is 7. The molecule has 0 heterocycles. The molecule has 0 bridgehead atoms. The molecule has 0 atom stereocenters. The van der Waals surface area contributed by atoms with Gasteiger partial charge < -0.3 is 0 Å². The van der Waals surface area contributed by atoms with E-state index < -0.39 is 20.2 Å². The van der Waals surface area contributed by atoms with Gasteiger partial charge in [-0.15, -0.1) is 11.1 Å². The Labute approximate surface area is 193 Å². The van der Waals surface area contributed by atoms with Crippen LogP contribution >= 0.6 is 0 Å². The van der Waals surface area contributed by atoms with Crippen molar-refractivity contribution in [1.29, 1.82) is 0 Å². The zero-order valence-electron chi connectivity index (χ0n) is 16.2. The molecule has 0 aliphatic carbocycles. The zero-order chi connectivity index (χ0) is 20.5. The van der Waals surface area contributed by atoms with Crippen LogP contribution in [-0.4, -0.2) is 28.5 Å². The van der Waals surface area contributed by atoms with Gasteiger partial charge in [0.05, 0.1) is 12.9 Å². The summed E-state index contributed by atoms with van der Waals surface area (Å²) in [6.07, 6.45) is 2.75. The van der Waals surface area contributed by atoms with Gasteiger partial charge in [0.15, 0.2) is 0 Å². The first-order valence-electron chi connectivity index (χ1n) is 8.31. The molecule has 0 spiro atoms. The number of hydrogen-bond donors (Lipinski definition) is 1. The van der Waals surface area contributed by atoms with Crippen molar-refractivity contribution in [1.82, 2.24) is 0 Å². The second-order valence-corrected chi connectivity index (χ2v) is 8.97. The van der Waals surface area contributed by atoms with Crippen molar-refractivity contribution >= 4 is 20.2 Å². The van der Waals surface area contributed by atoms with Crippen LogP contribution in [0.4, 0.5) is 0 Å². The molecule has 0 amide bonds. The standard InChI is InChI=1S/C11H15O3S.C8H9O3S.Y/c1-3-4-7-10-8-5-6-9-11(10)15(12,13)14-2;1-7-4-2-3-5-8(7)6-12(9,10)11;/h5,8-9H,3-4,7H2,1-2H3;2,4-5H,6H2,1H3,(H,9,10,11);/q2*-1;. The quantitative estimate of drug-likeness (QED) is 0.355. The molecule has 0 aliphatic rings. The van der Waals surface area contributed by atoms with E-state index in [1.807, 2.05) is 0 Å². The number of hydrogen-bond acceptors (Lipinski definition) is 5. The molecule has 28 heavy (non-hydrogen) atoms. The van der Waals surface area contributed by atoms with Gasteiger partial charge in [-0.05, 0) is 11.3 Å². The predicted octanol–water partition coefficient (Wildman–Crippen LogP) is 3.35. The van der Waals surface area contributed by atoms with Crippen LogP contribution in [0, 0.1) is 19.1 Å². The Balaban J connectivity index is 0.000000514. The van der Waals surface area contributed by atoms with Crippen LogP contribution in [0.5, 0.6) is 0 Å². The second kappa shape index (κ2) is 12.8. The summed E-state index contributed by atoms with van der Waals surface area (Å²) in [6.45, 7) is 3.86. The number of benzene rings is 2. The second-order valence-electron chi connectivity index (χ2n) is 5.84. The summed E-state index contributed by atoms with van der Waals surface area (Å²) < 4.78 is 57.1. The van der Waals surface area contributed by atoms with Crippen LogP contribution in [0.3, 0.4) is 0 Å². The van der Waals surface area contributed by atoms with Crippen LogP contribution in [0.25, 0.3) is 0 Å². The maximum atomic E-state index is 11.5. The smallest absolute Gasteiger partial charge is 0.258 e. The number of unbranched alkanes of at least 4 members (excludes halogenated alkanes) is 1. The van der Waals surface area contributed by atoms with Gasteiger partial charge >= 0.3 is 0 Å². The third-order valence-electron chi connectivity index (χ3n) is 3.73. The van der Waals surface area contributed by atoms with Gasteiger partial charge in [0.2, 0.25) is 10.1 Å². The summed E-state index contributed by atoms with van der Waals surface area (Å²) in [7, 11) is -6.34. The largest absolute Gasteiger partial charge is 0.286 e. The molecule has 2 rings (SSSR count).